The number of para-hydroxylation sites is 1. The first-order valence-corrected chi connectivity index (χ1v) is 10.9. The predicted molar refractivity (Wildman–Crippen MR) is 123 cm³/mol. The smallest absolute Gasteiger partial charge is 0.324 e. The fraction of sp³-hybridized carbons (Fsp3) is 0.308. The van der Waals surface area contributed by atoms with Crippen molar-refractivity contribution in [1.82, 2.24) is 4.98 Å². The lowest BCUT2D eigenvalue weighted by molar-refractivity contribution is -0.240. The molecule has 0 saturated carbocycles. The van der Waals surface area contributed by atoms with Crippen LogP contribution in [0, 0.1) is 5.92 Å². The van der Waals surface area contributed by atoms with Crippen molar-refractivity contribution in [2.24, 2.45) is 5.92 Å². The lowest BCUT2D eigenvalue weighted by Crippen LogP contribution is -2.48. The van der Waals surface area contributed by atoms with Crippen LogP contribution in [0.25, 0.3) is 10.9 Å². The van der Waals surface area contributed by atoms with Crippen molar-refractivity contribution in [1.29, 1.82) is 0 Å². The molecule has 1 saturated heterocycles. The lowest BCUT2D eigenvalue weighted by atomic mass is 9.80. The molecule has 2 heterocycles. The Hall–Kier alpha value is -3.74. The van der Waals surface area contributed by atoms with Gasteiger partial charge in [0.15, 0.2) is 17.4 Å². The standard InChI is InChI=1S/C26H27NO6/c1-5-13-31-20-12-11-16(14-21(20)30-6-2)22(18-15-27-19-10-8-7-9-17(18)19)23-24(28)32-26(3,4)33-25(23)29/h5,7-12,14-15,22-23,27H,1,6,13H2,2-4H3/t22-/m1/s1. The number of esters is 2. The molecule has 33 heavy (non-hydrogen) atoms. The van der Waals surface area contributed by atoms with E-state index in [1.54, 1.807) is 32.1 Å². The van der Waals surface area contributed by atoms with E-state index in [4.69, 9.17) is 18.9 Å². The summed E-state index contributed by atoms with van der Waals surface area (Å²) in [6, 6.07) is 13.1. The summed E-state index contributed by atoms with van der Waals surface area (Å²) < 4.78 is 22.5. The van der Waals surface area contributed by atoms with E-state index in [2.05, 4.69) is 11.6 Å². The Bertz CT molecular complexity index is 1170. The van der Waals surface area contributed by atoms with E-state index in [-0.39, 0.29) is 0 Å². The molecule has 7 nitrogen and oxygen atoms in total. The zero-order valence-corrected chi connectivity index (χ0v) is 18.9. The molecule has 0 aliphatic carbocycles. The van der Waals surface area contributed by atoms with E-state index in [1.807, 2.05) is 43.5 Å². The summed E-state index contributed by atoms with van der Waals surface area (Å²) in [4.78, 5) is 29.4. The van der Waals surface area contributed by atoms with Gasteiger partial charge < -0.3 is 23.9 Å². The summed E-state index contributed by atoms with van der Waals surface area (Å²) >= 11 is 0. The summed E-state index contributed by atoms with van der Waals surface area (Å²) in [5.41, 5.74) is 2.38. The molecular formula is C26H27NO6. The minimum atomic E-state index is -1.31. The van der Waals surface area contributed by atoms with E-state index >= 15 is 0 Å². The minimum absolute atomic E-state index is 0.321. The van der Waals surface area contributed by atoms with Gasteiger partial charge in [0.1, 0.15) is 6.61 Å². The molecule has 1 atom stereocenters. The van der Waals surface area contributed by atoms with E-state index in [0.29, 0.717) is 30.3 Å². The highest BCUT2D eigenvalue weighted by atomic mass is 16.7. The molecule has 2 aromatic carbocycles. The maximum atomic E-state index is 13.1. The van der Waals surface area contributed by atoms with Crippen LogP contribution in [-0.4, -0.2) is 35.9 Å². The third-order valence-electron chi connectivity index (χ3n) is 5.47. The number of H-pyrrole nitrogens is 1. The Morgan fingerprint density at radius 2 is 1.82 bits per heavy atom. The SMILES string of the molecule is C=CCOc1ccc([C@H](c2c[nH]c3ccccc23)C2C(=O)OC(C)(C)OC2=O)cc1OCC. The maximum absolute atomic E-state index is 13.1. The molecular weight excluding hydrogens is 422 g/mol. The van der Waals surface area contributed by atoms with Gasteiger partial charge in [0, 0.05) is 36.9 Å². The number of rotatable bonds is 8. The average molecular weight is 450 g/mol. The lowest BCUT2D eigenvalue weighted by Gasteiger charge is -2.36. The zero-order chi connectivity index (χ0) is 23.6. The summed E-state index contributed by atoms with van der Waals surface area (Å²) in [6.45, 7) is 9.38. The largest absolute Gasteiger partial charge is 0.490 e. The van der Waals surface area contributed by atoms with E-state index in [1.165, 1.54) is 0 Å². The monoisotopic (exact) mass is 449 g/mol. The van der Waals surface area contributed by atoms with Gasteiger partial charge in [-0.2, -0.15) is 0 Å². The highest BCUT2D eigenvalue weighted by Crippen LogP contribution is 2.43. The summed E-state index contributed by atoms with van der Waals surface area (Å²) in [5, 5.41) is 0.901. The van der Waals surface area contributed by atoms with Crippen LogP contribution in [-0.2, 0) is 19.1 Å². The topological polar surface area (TPSA) is 86.9 Å². The summed E-state index contributed by atoms with van der Waals surface area (Å²) in [7, 11) is 0. The number of cyclic esters (lactones) is 2. The molecule has 1 N–H and O–H groups in total. The van der Waals surface area contributed by atoms with E-state index < -0.39 is 29.6 Å². The molecule has 0 amide bonds. The zero-order valence-electron chi connectivity index (χ0n) is 18.9. The van der Waals surface area contributed by atoms with Crippen LogP contribution in [0.5, 0.6) is 11.5 Å². The molecule has 7 heteroatoms. The van der Waals surface area contributed by atoms with Gasteiger partial charge in [-0.15, -0.1) is 0 Å². The van der Waals surface area contributed by atoms with Gasteiger partial charge >= 0.3 is 11.9 Å². The number of hydrogen-bond donors (Lipinski definition) is 1. The number of benzene rings is 2. The fourth-order valence-corrected chi connectivity index (χ4v) is 4.16. The molecule has 172 valence electrons. The molecule has 3 aromatic rings. The number of aromatic amines is 1. The third kappa shape index (κ3) is 4.44. The summed E-state index contributed by atoms with van der Waals surface area (Å²) in [5.74, 6) is -3.34. The van der Waals surface area contributed by atoms with Crippen LogP contribution in [0.3, 0.4) is 0 Å². The van der Waals surface area contributed by atoms with E-state index in [9.17, 15) is 9.59 Å². The van der Waals surface area contributed by atoms with Gasteiger partial charge in [-0.1, -0.05) is 36.9 Å². The van der Waals surface area contributed by atoms with Crippen LogP contribution >= 0.6 is 0 Å². The molecule has 1 aliphatic heterocycles. The van der Waals surface area contributed by atoms with Gasteiger partial charge in [0.2, 0.25) is 0 Å². The molecule has 1 aliphatic rings. The van der Waals surface area contributed by atoms with Crippen molar-refractivity contribution in [3.8, 4) is 11.5 Å². The highest BCUT2D eigenvalue weighted by Gasteiger charge is 2.48. The Morgan fingerprint density at radius 3 is 2.52 bits per heavy atom. The molecule has 0 bridgehead atoms. The second kappa shape index (κ2) is 9.02. The van der Waals surface area contributed by atoms with Crippen LogP contribution in [0.2, 0.25) is 0 Å². The minimum Gasteiger partial charge on any atom is -0.490 e. The van der Waals surface area contributed by atoms with Crippen molar-refractivity contribution in [2.45, 2.75) is 32.5 Å². The molecule has 1 fully saturated rings. The van der Waals surface area contributed by atoms with Crippen molar-refractivity contribution in [3.63, 3.8) is 0 Å². The number of aromatic nitrogens is 1. The molecule has 0 radical (unpaired) electrons. The second-order valence-electron chi connectivity index (χ2n) is 8.23. The van der Waals surface area contributed by atoms with Gasteiger partial charge in [0.05, 0.1) is 6.61 Å². The first-order valence-electron chi connectivity index (χ1n) is 10.9. The van der Waals surface area contributed by atoms with Crippen LogP contribution in [0.1, 0.15) is 37.8 Å². The number of carbonyl (C=O) groups is 2. The quantitative estimate of drug-likeness (QED) is 0.304. The first kappa shape index (κ1) is 22.5. The number of hydrogen-bond acceptors (Lipinski definition) is 6. The normalized spacial score (nSPS) is 16.7. The highest BCUT2D eigenvalue weighted by molar-refractivity contribution is 5.99. The van der Waals surface area contributed by atoms with Crippen molar-refractivity contribution in [2.75, 3.05) is 13.2 Å². The molecule has 0 spiro atoms. The molecule has 0 unspecified atom stereocenters. The number of fused-ring (bicyclic) bond motifs is 1. The van der Waals surface area contributed by atoms with Gasteiger partial charge in [-0.05, 0) is 36.2 Å². The van der Waals surface area contributed by atoms with Crippen LogP contribution < -0.4 is 9.47 Å². The van der Waals surface area contributed by atoms with Crippen molar-refractivity contribution < 1.29 is 28.5 Å². The number of nitrogens with one attached hydrogen (secondary N) is 1. The summed E-state index contributed by atoms with van der Waals surface area (Å²) in [6.07, 6.45) is 3.46. The number of ether oxygens (including phenoxy) is 4. The molecule has 4 rings (SSSR count). The molecule has 1 aromatic heterocycles. The van der Waals surface area contributed by atoms with Gasteiger partial charge in [-0.25, -0.2) is 0 Å². The number of carbonyl (C=O) groups excluding carboxylic acids is 2. The first-order chi connectivity index (χ1) is 15.8. The van der Waals surface area contributed by atoms with Crippen LogP contribution in [0.15, 0.2) is 61.3 Å². The van der Waals surface area contributed by atoms with Crippen molar-refractivity contribution >= 4 is 22.8 Å². The van der Waals surface area contributed by atoms with Crippen LogP contribution in [0.4, 0.5) is 0 Å². The van der Waals surface area contributed by atoms with Gasteiger partial charge in [-0.3, -0.25) is 9.59 Å². The van der Waals surface area contributed by atoms with Crippen molar-refractivity contribution in [3.05, 3.63) is 72.4 Å². The predicted octanol–water partition coefficient (Wildman–Crippen LogP) is 4.72. The Morgan fingerprint density at radius 1 is 1.09 bits per heavy atom. The third-order valence-corrected chi connectivity index (χ3v) is 5.47. The fourth-order valence-electron chi connectivity index (χ4n) is 4.16. The Kier molecular flexibility index (Phi) is 6.14. The Balaban J connectivity index is 1.86. The second-order valence-corrected chi connectivity index (χ2v) is 8.23. The van der Waals surface area contributed by atoms with E-state index in [0.717, 1.165) is 16.5 Å². The Labute approximate surface area is 192 Å². The van der Waals surface area contributed by atoms with Gasteiger partial charge in [0.25, 0.3) is 5.79 Å². The average Bonchev–Trinajstić information content (AvgIpc) is 3.18. The maximum Gasteiger partial charge on any atom is 0.324 e.